The second kappa shape index (κ2) is 7.44. The summed E-state index contributed by atoms with van der Waals surface area (Å²) in [6.45, 7) is 8.77. The zero-order chi connectivity index (χ0) is 18.8. The van der Waals surface area contributed by atoms with Crippen LogP contribution in [-0.2, 0) is 16.0 Å². The van der Waals surface area contributed by atoms with Crippen molar-refractivity contribution in [3.8, 4) is 0 Å². The van der Waals surface area contributed by atoms with E-state index in [-0.39, 0.29) is 23.1 Å². The molecule has 2 amide bonds. The van der Waals surface area contributed by atoms with Crippen molar-refractivity contribution in [2.75, 3.05) is 20.6 Å². The fraction of sp³-hybridized carbons (Fsp3) is 0.737. The van der Waals surface area contributed by atoms with Crippen LogP contribution in [0.2, 0.25) is 0 Å². The summed E-state index contributed by atoms with van der Waals surface area (Å²) in [5, 5.41) is 6.27. The van der Waals surface area contributed by atoms with E-state index in [0.717, 1.165) is 36.4 Å². The molecule has 0 radical (unpaired) electrons. The highest BCUT2D eigenvalue weighted by Crippen LogP contribution is 2.56. The maximum atomic E-state index is 12.9. The van der Waals surface area contributed by atoms with E-state index in [1.807, 2.05) is 13.8 Å². The minimum absolute atomic E-state index is 0.0712. The Morgan fingerprint density at radius 3 is 2.60 bits per heavy atom. The van der Waals surface area contributed by atoms with Gasteiger partial charge in [0.2, 0.25) is 11.8 Å². The average Bonchev–Trinajstić information content (AvgIpc) is 3.05. The molecule has 1 heterocycles. The van der Waals surface area contributed by atoms with Crippen LogP contribution in [0.4, 0.5) is 0 Å². The van der Waals surface area contributed by atoms with Gasteiger partial charge in [0.05, 0.1) is 10.4 Å². The van der Waals surface area contributed by atoms with Crippen LogP contribution >= 0.6 is 11.3 Å². The Bertz CT molecular complexity index is 638. The Balaban J connectivity index is 1.92. The number of hydrogen-bond acceptors (Lipinski definition) is 4. The minimum Gasteiger partial charge on any atom is -0.356 e. The van der Waals surface area contributed by atoms with Gasteiger partial charge in [0.25, 0.3) is 0 Å². The van der Waals surface area contributed by atoms with E-state index >= 15 is 0 Å². The SMILES string of the molecule is Cc1csc(CCCNC(=O)[C@@]2(C)CC[C@@H](C(=O)N(C)C)C2(C)C)n1. The Kier molecular flexibility index (Phi) is 5.92. The molecule has 140 valence electrons. The zero-order valence-corrected chi connectivity index (χ0v) is 17.1. The molecule has 1 aromatic heterocycles. The smallest absolute Gasteiger partial charge is 0.226 e. The molecule has 0 aromatic carbocycles. The second-order valence-corrected chi connectivity index (χ2v) is 9.06. The van der Waals surface area contributed by atoms with E-state index in [0.29, 0.717) is 6.54 Å². The lowest BCUT2D eigenvalue weighted by atomic mass is 9.65. The number of nitrogens with one attached hydrogen (secondary N) is 1. The molecule has 0 saturated heterocycles. The summed E-state index contributed by atoms with van der Waals surface area (Å²) in [5.74, 6) is 0.0964. The molecule has 1 aliphatic carbocycles. The second-order valence-electron chi connectivity index (χ2n) is 8.12. The van der Waals surface area contributed by atoms with Gasteiger partial charge in [0.1, 0.15) is 0 Å². The van der Waals surface area contributed by atoms with Crippen LogP contribution in [-0.4, -0.2) is 42.3 Å². The van der Waals surface area contributed by atoms with Crippen LogP contribution < -0.4 is 5.32 Å². The Hall–Kier alpha value is -1.43. The summed E-state index contributed by atoms with van der Waals surface area (Å²) < 4.78 is 0. The first kappa shape index (κ1) is 19.9. The molecular formula is C19H31N3O2S. The van der Waals surface area contributed by atoms with Crippen LogP contribution in [0.1, 0.15) is 50.7 Å². The summed E-state index contributed by atoms with van der Waals surface area (Å²) in [6, 6.07) is 0. The summed E-state index contributed by atoms with van der Waals surface area (Å²) in [7, 11) is 3.57. The molecule has 0 spiro atoms. The molecule has 0 unspecified atom stereocenters. The van der Waals surface area contributed by atoms with Gasteiger partial charge in [-0.1, -0.05) is 20.8 Å². The molecule has 5 nitrogen and oxygen atoms in total. The van der Waals surface area contributed by atoms with Crippen molar-refractivity contribution in [3.63, 3.8) is 0 Å². The number of aromatic nitrogens is 1. The summed E-state index contributed by atoms with van der Waals surface area (Å²) >= 11 is 1.67. The molecule has 0 aliphatic heterocycles. The third-order valence-electron chi connectivity index (χ3n) is 5.99. The molecule has 1 fully saturated rings. The quantitative estimate of drug-likeness (QED) is 0.788. The van der Waals surface area contributed by atoms with Crippen molar-refractivity contribution in [2.24, 2.45) is 16.7 Å². The first-order valence-electron chi connectivity index (χ1n) is 9.00. The van der Waals surface area contributed by atoms with E-state index < -0.39 is 5.41 Å². The van der Waals surface area contributed by atoms with Gasteiger partial charge in [-0.3, -0.25) is 9.59 Å². The molecule has 2 rings (SSSR count). The lowest BCUT2D eigenvalue weighted by Gasteiger charge is -2.40. The molecule has 2 atom stereocenters. The number of amides is 2. The molecule has 1 aromatic rings. The predicted octanol–water partition coefficient (Wildman–Crippen LogP) is 3.03. The minimum atomic E-state index is -0.513. The van der Waals surface area contributed by atoms with Crippen LogP contribution in [0.15, 0.2) is 5.38 Å². The Morgan fingerprint density at radius 1 is 1.36 bits per heavy atom. The highest BCUT2D eigenvalue weighted by Gasteiger charge is 2.58. The number of carbonyl (C=O) groups excluding carboxylic acids is 2. The van der Waals surface area contributed by atoms with Gasteiger partial charge in [-0.05, 0) is 31.6 Å². The van der Waals surface area contributed by atoms with E-state index in [4.69, 9.17) is 0 Å². The molecule has 6 heteroatoms. The predicted molar refractivity (Wildman–Crippen MR) is 101 cm³/mol. The molecule has 1 aliphatic rings. The largest absolute Gasteiger partial charge is 0.356 e. The normalized spacial score (nSPS) is 25.0. The first-order chi connectivity index (χ1) is 11.6. The lowest BCUT2D eigenvalue weighted by molar-refractivity contribution is -0.142. The van der Waals surface area contributed by atoms with Gasteiger partial charge in [0, 0.05) is 44.1 Å². The number of aryl methyl sites for hydroxylation is 2. The Morgan fingerprint density at radius 2 is 2.04 bits per heavy atom. The molecule has 1 N–H and O–H groups in total. The van der Waals surface area contributed by atoms with Crippen LogP contribution in [0.5, 0.6) is 0 Å². The van der Waals surface area contributed by atoms with Crippen LogP contribution in [0, 0.1) is 23.7 Å². The molecular weight excluding hydrogens is 334 g/mol. The first-order valence-corrected chi connectivity index (χ1v) is 9.88. The van der Waals surface area contributed by atoms with Crippen molar-refractivity contribution in [1.29, 1.82) is 0 Å². The molecule has 1 saturated carbocycles. The van der Waals surface area contributed by atoms with Crippen LogP contribution in [0.25, 0.3) is 0 Å². The van der Waals surface area contributed by atoms with Crippen LogP contribution in [0.3, 0.4) is 0 Å². The lowest BCUT2D eigenvalue weighted by Crippen LogP contribution is -2.49. The number of hydrogen-bond donors (Lipinski definition) is 1. The highest BCUT2D eigenvalue weighted by molar-refractivity contribution is 7.09. The fourth-order valence-corrected chi connectivity index (χ4v) is 4.62. The van der Waals surface area contributed by atoms with Crippen molar-refractivity contribution in [3.05, 3.63) is 16.1 Å². The molecule has 25 heavy (non-hydrogen) atoms. The van der Waals surface area contributed by atoms with E-state index in [1.165, 1.54) is 0 Å². The van der Waals surface area contributed by atoms with Gasteiger partial charge in [0.15, 0.2) is 0 Å². The van der Waals surface area contributed by atoms with Gasteiger partial charge in [-0.2, -0.15) is 0 Å². The third-order valence-corrected chi connectivity index (χ3v) is 7.01. The van der Waals surface area contributed by atoms with Gasteiger partial charge < -0.3 is 10.2 Å². The van der Waals surface area contributed by atoms with Gasteiger partial charge >= 0.3 is 0 Å². The average molecular weight is 366 g/mol. The number of rotatable bonds is 6. The van der Waals surface area contributed by atoms with Crippen molar-refractivity contribution >= 4 is 23.2 Å². The number of thiazole rings is 1. The summed E-state index contributed by atoms with van der Waals surface area (Å²) in [6.07, 6.45) is 3.30. The maximum absolute atomic E-state index is 12.9. The standard InChI is InChI=1S/C19H31N3O2S/c1-13-12-25-15(21-13)8-7-11-20-17(24)19(4)10-9-14(18(19,2)3)16(23)22(5)6/h12,14H,7-11H2,1-6H3,(H,20,24)/t14-,19+/m0/s1. The fourth-order valence-electron chi connectivity index (χ4n) is 3.80. The van der Waals surface area contributed by atoms with Gasteiger partial charge in [-0.25, -0.2) is 4.98 Å². The van der Waals surface area contributed by atoms with Crippen molar-refractivity contribution in [1.82, 2.24) is 15.2 Å². The monoisotopic (exact) mass is 365 g/mol. The zero-order valence-electron chi connectivity index (χ0n) is 16.3. The topological polar surface area (TPSA) is 62.3 Å². The summed E-state index contributed by atoms with van der Waals surface area (Å²) in [4.78, 5) is 31.5. The Labute approximate surface area is 155 Å². The third kappa shape index (κ3) is 3.89. The van der Waals surface area contributed by atoms with E-state index in [2.05, 4.69) is 29.5 Å². The maximum Gasteiger partial charge on any atom is 0.226 e. The number of nitrogens with zero attached hydrogens (tertiary/aromatic N) is 2. The highest BCUT2D eigenvalue weighted by atomic mass is 32.1. The molecule has 0 bridgehead atoms. The van der Waals surface area contributed by atoms with Crippen molar-refractivity contribution in [2.45, 2.75) is 53.4 Å². The van der Waals surface area contributed by atoms with Gasteiger partial charge in [-0.15, -0.1) is 11.3 Å². The van der Waals surface area contributed by atoms with E-state index in [1.54, 1.807) is 30.3 Å². The van der Waals surface area contributed by atoms with E-state index in [9.17, 15) is 9.59 Å². The van der Waals surface area contributed by atoms with Crippen molar-refractivity contribution < 1.29 is 9.59 Å². The number of carbonyl (C=O) groups is 2. The summed E-state index contributed by atoms with van der Waals surface area (Å²) in [5.41, 5.74) is 0.187.